The van der Waals surface area contributed by atoms with Gasteiger partial charge in [0, 0.05) is 9.35 Å². The van der Waals surface area contributed by atoms with E-state index >= 15 is 0 Å². The Kier molecular flexibility index (Phi) is 4.26. The van der Waals surface area contributed by atoms with Crippen LogP contribution in [0.1, 0.15) is 29.0 Å². The van der Waals surface area contributed by atoms with Gasteiger partial charge in [-0.25, -0.2) is 0 Å². The summed E-state index contributed by atoms with van der Waals surface area (Å²) in [6.45, 7) is 2.10. The van der Waals surface area contributed by atoms with E-state index in [9.17, 15) is 5.11 Å². The first-order valence-electron chi connectivity index (χ1n) is 5.33. The Morgan fingerprint density at radius 3 is 2.76 bits per heavy atom. The first-order valence-corrected chi connectivity index (χ1v) is 7.32. The zero-order valence-corrected chi connectivity index (χ0v) is 12.4. The standard InChI is InChI=1S/C13H12BrClOS/c1-2-8-4-3-5-9(6-8)12(16)11-7-10(14)13(15)17-11/h3-7,12,16H,2H2,1H3. The van der Waals surface area contributed by atoms with Crippen LogP contribution in [0.25, 0.3) is 0 Å². The lowest BCUT2D eigenvalue weighted by atomic mass is 10.0. The molecule has 2 rings (SSSR count). The van der Waals surface area contributed by atoms with Crippen molar-refractivity contribution >= 4 is 38.9 Å². The summed E-state index contributed by atoms with van der Waals surface area (Å²) in [7, 11) is 0. The van der Waals surface area contributed by atoms with Crippen molar-refractivity contribution in [3.63, 3.8) is 0 Å². The van der Waals surface area contributed by atoms with Gasteiger partial charge in [-0.15, -0.1) is 11.3 Å². The molecule has 0 aliphatic heterocycles. The Balaban J connectivity index is 2.32. The van der Waals surface area contributed by atoms with Crippen molar-refractivity contribution < 1.29 is 5.11 Å². The predicted molar refractivity (Wildman–Crippen MR) is 76.9 cm³/mol. The lowest BCUT2D eigenvalue weighted by Gasteiger charge is -2.09. The molecule has 0 radical (unpaired) electrons. The van der Waals surface area contributed by atoms with Gasteiger partial charge in [0.1, 0.15) is 10.4 Å². The lowest BCUT2D eigenvalue weighted by Crippen LogP contribution is -1.97. The summed E-state index contributed by atoms with van der Waals surface area (Å²) in [4.78, 5) is 0.857. The van der Waals surface area contributed by atoms with E-state index in [4.69, 9.17) is 11.6 Å². The molecule has 0 amide bonds. The molecule has 0 fully saturated rings. The number of aliphatic hydroxyl groups is 1. The molecule has 0 aliphatic carbocycles. The summed E-state index contributed by atoms with van der Waals surface area (Å²) < 4.78 is 1.51. The van der Waals surface area contributed by atoms with Crippen LogP contribution in [0.15, 0.2) is 34.8 Å². The summed E-state index contributed by atoms with van der Waals surface area (Å²) in [5.41, 5.74) is 2.14. The van der Waals surface area contributed by atoms with Gasteiger partial charge in [0.15, 0.2) is 0 Å². The molecule has 0 aliphatic rings. The van der Waals surface area contributed by atoms with E-state index in [1.807, 2.05) is 24.3 Å². The Morgan fingerprint density at radius 2 is 2.18 bits per heavy atom. The van der Waals surface area contributed by atoms with E-state index in [0.29, 0.717) is 4.34 Å². The number of hydrogen-bond acceptors (Lipinski definition) is 2. The normalized spacial score (nSPS) is 12.7. The first kappa shape index (κ1) is 13.1. The maximum absolute atomic E-state index is 10.3. The first-order chi connectivity index (χ1) is 8.11. The van der Waals surface area contributed by atoms with Gasteiger partial charge in [-0.2, -0.15) is 0 Å². The highest BCUT2D eigenvalue weighted by Gasteiger charge is 2.15. The number of aryl methyl sites for hydroxylation is 1. The number of halogens is 2. The molecule has 1 aromatic carbocycles. The molecule has 0 saturated carbocycles. The third kappa shape index (κ3) is 2.91. The van der Waals surface area contributed by atoms with Crippen LogP contribution < -0.4 is 0 Å². The Hall–Kier alpha value is -0.350. The highest BCUT2D eigenvalue weighted by Crippen LogP contribution is 2.37. The fourth-order valence-electron chi connectivity index (χ4n) is 1.65. The third-order valence-electron chi connectivity index (χ3n) is 2.61. The molecule has 90 valence electrons. The molecule has 4 heteroatoms. The molecule has 17 heavy (non-hydrogen) atoms. The predicted octanol–water partition coefficient (Wildman–Crippen LogP) is 4.81. The van der Waals surface area contributed by atoms with Crippen LogP contribution in [0.3, 0.4) is 0 Å². The average Bonchev–Trinajstić information content (AvgIpc) is 2.69. The third-order valence-corrected chi connectivity index (χ3v) is 5.14. The van der Waals surface area contributed by atoms with Gasteiger partial charge >= 0.3 is 0 Å². The van der Waals surface area contributed by atoms with Gasteiger partial charge < -0.3 is 5.11 Å². The molecule has 1 nitrogen and oxygen atoms in total. The molecule has 0 saturated heterocycles. The van der Waals surface area contributed by atoms with Crippen LogP contribution in [-0.4, -0.2) is 5.11 Å². The van der Waals surface area contributed by atoms with Crippen LogP contribution in [0.4, 0.5) is 0 Å². The molecule has 0 spiro atoms. The van der Waals surface area contributed by atoms with Crippen molar-refractivity contribution in [3.05, 3.63) is 55.1 Å². The summed E-state index contributed by atoms with van der Waals surface area (Å²) in [5, 5.41) is 10.3. The maximum Gasteiger partial charge on any atom is 0.113 e. The quantitative estimate of drug-likeness (QED) is 0.856. The second-order valence-corrected chi connectivity index (χ2v) is 6.31. The second kappa shape index (κ2) is 5.53. The molecule has 1 N–H and O–H groups in total. The summed E-state index contributed by atoms with van der Waals surface area (Å²) in [5.74, 6) is 0. The SMILES string of the molecule is CCc1cccc(C(O)c2cc(Br)c(Cl)s2)c1. The lowest BCUT2D eigenvalue weighted by molar-refractivity contribution is 0.224. The van der Waals surface area contributed by atoms with Crippen molar-refractivity contribution in [2.75, 3.05) is 0 Å². The molecule has 1 aromatic heterocycles. The topological polar surface area (TPSA) is 20.2 Å². The maximum atomic E-state index is 10.3. The molecular formula is C13H12BrClOS. The van der Waals surface area contributed by atoms with Gasteiger partial charge in [0.05, 0.1) is 0 Å². The van der Waals surface area contributed by atoms with Crippen LogP contribution in [-0.2, 0) is 6.42 Å². The van der Waals surface area contributed by atoms with E-state index in [-0.39, 0.29) is 0 Å². The number of hydrogen-bond donors (Lipinski definition) is 1. The van der Waals surface area contributed by atoms with Crippen LogP contribution >= 0.6 is 38.9 Å². The number of rotatable bonds is 3. The van der Waals surface area contributed by atoms with Crippen LogP contribution in [0.2, 0.25) is 4.34 Å². The monoisotopic (exact) mass is 330 g/mol. The fraction of sp³-hybridized carbons (Fsp3) is 0.231. The number of aliphatic hydroxyl groups excluding tert-OH is 1. The molecular weight excluding hydrogens is 320 g/mol. The molecule has 0 bridgehead atoms. The second-order valence-electron chi connectivity index (χ2n) is 3.77. The number of benzene rings is 1. The molecule has 1 unspecified atom stereocenters. The summed E-state index contributed by atoms with van der Waals surface area (Å²) in [6.07, 6.45) is 0.366. The van der Waals surface area contributed by atoms with E-state index < -0.39 is 6.10 Å². The zero-order chi connectivity index (χ0) is 12.4. The van der Waals surface area contributed by atoms with E-state index in [1.165, 1.54) is 16.9 Å². The highest BCUT2D eigenvalue weighted by molar-refractivity contribution is 9.10. The minimum Gasteiger partial charge on any atom is -0.383 e. The van der Waals surface area contributed by atoms with Crippen LogP contribution in [0, 0.1) is 0 Å². The summed E-state index contributed by atoms with van der Waals surface area (Å²) >= 11 is 10.7. The van der Waals surface area contributed by atoms with Crippen LogP contribution in [0.5, 0.6) is 0 Å². The highest BCUT2D eigenvalue weighted by atomic mass is 79.9. The van der Waals surface area contributed by atoms with Gasteiger partial charge in [0.2, 0.25) is 0 Å². The average molecular weight is 332 g/mol. The van der Waals surface area contributed by atoms with Gasteiger partial charge in [-0.3, -0.25) is 0 Å². The fourth-order valence-corrected chi connectivity index (χ4v) is 3.40. The minimum atomic E-state index is -0.602. The van der Waals surface area contributed by atoms with Crippen molar-refractivity contribution in [2.24, 2.45) is 0 Å². The van der Waals surface area contributed by atoms with E-state index in [2.05, 4.69) is 28.9 Å². The van der Waals surface area contributed by atoms with Gasteiger partial charge in [-0.1, -0.05) is 42.8 Å². The Bertz CT molecular complexity index is 504. The molecule has 1 heterocycles. The van der Waals surface area contributed by atoms with E-state index in [1.54, 1.807) is 0 Å². The van der Waals surface area contributed by atoms with Gasteiger partial charge in [-0.05, 0) is 39.5 Å². The van der Waals surface area contributed by atoms with Gasteiger partial charge in [0.25, 0.3) is 0 Å². The van der Waals surface area contributed by atoms with Crippen molar-refractivity contribution in [2.45, 2.75) is 19.4 Å². The molecule has 1 atom stereocenters. The van der Waals surface area contributed by atoms with E-state index in [0.717, 1.165) is 21.3 Å². The Labute approximate surface area is 118 Å². The number of thiophene rings is 1. The van der Waals surface area contributed by atoms with Crippen molar-refractivity contribution in [1.29, 1.82) is 0 Å². The molecule has 2 aromatic rings. The summed E-state index contributed by atoms with van der Waals surface area (Å²) in [6, 6.07) is 9.88. The van der Waals surface area contributed by atoms with Crippen molar-refractivity contribution in [3.8, 4) is 0 Å². The minimum absolute atomic E-state index is 0.602. The zero-order valence-electron chi connectivity index (χ0n) is 9.28. The van der Waals surface area contributed by atoms with Crippen molar-refractivity contribution in [1.82, 2.24) is 0 Å². The largest absolute Gasteiger partial charge is 0.383 e. The smallest absolute Gasteiger partial charge is 0.113 e. The Morgan fingerprint density at radius 1 is 1.41 bits per heavy atom.